The first-order valence-corrected chi connectivity index (χ1v) is 8.43. The van der Waals surface area contributed by atoms with Crippen molar-refractivity contribution in [2.45, 2.75) is 19.5 Å². The lowest BCUT2D eigenvalue weighted by molar-refractivity contribution is 0.227. The van der Waals surface area contributed by atoms with Crippen LogP contribution >= 0.6 is 0 Å². The Morgan fingerprint density at radius 1 is 1.53 bits per heavy atom. The van der Waals surface area contributed by atoms with Crippen LogP contribution in [0, 0.1) is 0 Å². The second-order valence-electron chi connectivity index (χ2n) is 5.04. The maximum Gasteiger partial charge on any atom is 0.153 e. The van der Waals surface area contributed by atoms with Crippen molar-refractivity contribution in [2.75, 3.05) is 31.1 Å². The van der Waals surface area contributed by atoms with E-state index in [0.29, 0.717) is 12.3 Å². The third kappa shape index (κ3) is 4.56. The maximum atomic E-state index is 11.5. The minimum atomic E-state index is -2.81. The van der Waals surface area contributed by atoms with E-state index < -0.39 is 9.84 Å². The van der Waals surface area contributed by atoms with Gasteiger partial charge in [-0.25, -0.2) is 8.42 Å². The zero-order valence-electron chi connectivity index (χ0n) is 11.2. The normalized spacial score (nSPS) is 23.3. The number of nitrogens with one attached hydrogen (secondary N) is 1. The van der Waals surface area contributed by atoms with Crippen LogP contribution in [0.1, 0.15) is 12.5 Å². The first-order chi connectivity index (χ1) is 9.07. The molecule has 0 amide bonds. The SMILES string of the molecule is CC1CS(=O)(=O)CCN1CCNCc1cccnc1. The fourth-order valence-electron chi connectivity index (χ4n) is 2.32. The van der Waals surface area contributed by atoms with Crippen LogP contribution < -0.4 is 5.32 Å². The van der Waals surface area contributed by atoms with Crippen molar-refractivity contribution in [3.05, 3.63) is 30.1 Å². The first-order valence-electron chi connectivity index (χ1n) is 6.61. The van der Waals surface area contributed by atoms with Crippen molar-refractivity contribution in [2.24, 2.45) is 0 Å². The lowest BCUT2D eigenvalue weighted by Gasteiger charge is -2.33. The van der Waals surface area contributed by atoms with E-state index >= 15 is 0 Å². The molecule has 5 nitrogen and oxygen atoms in total. The molecule has 1 aromatic rings. The van der Waals surface area contributed by atoms with Crippen LogP contribution in [0.25, 0.3) is 0 Å². The Hall–Kier alpha value is -0.980. The van der Waals surface area contributed by atoms with Gasteiger partial charge in [0.1, 0.15) is 0 Å². The molecule has 1 fully saturated rings. The molecule has 1 aromatic heterocycles. The topological polar surface area (TPSA) is 62.3 Å². The summed E-state index contributed by atoms with van der Waals surface area (Å²) in [6, 6.07) is 4.09. The third-order valence-electron chi connectivity index (χ3n) is 3.44. The quantitative estimate of drug-likeness (QED) is 0.787. The molecule has 0 radical (unpaired) electrons. The van der Waals surface area contributed by atoms with Gasteiger partial charge >= 0.3 is 0 Å². The second-order valence-corrected chi connectivity index (χ2v) is 7.27. The Bertz CT molecular complexity index is 490. The highest BCUT2D eigenvalue weighted by molar-refractivity contribution is 7.91. The van der Waals surface area contributed by atoms with Crippen LogP contribution in [0.2, 0.25) is 0 Å². The molecule has 1 unspecified atom stereocenters. The van der Waals surface area contributed by atoms with Gasteiger partial charge in [0.15, 0.2) is 9.84 Å². The Kier molecular flexibility index (Phi) is 4.90. The summed E-state index contributed by atoms with van der Waals surface area (Å²) in [6.45, 7) is 5.18. The number of pyridine rings is 1. The Morgan fingerprint density at radius 3 is 3.05 bits per heavy atom. The predicted molar refractivity (Wildman–Crippen MR) is 75.6 cm³/mol. The van der Waals surface area contributed by atoms with E-state index in [1.165, 1.54) is 0 Å². The highest BCUT2D eigenvalue weighted by Crippen LogP contribution is 2.10. The van der Waals surface area contributed by atoms with E-state index in [1.54, 1.807) is 6.20 Å². The molecule has 0 spiro atoms. The van der Waals surface area contributed by atoms with Crippen LogP contribution in [-0.4, -0.2) is 55.5 Å². The molecule has 1 aliphatic heterocycles. The summed E-state index contributed by atoms with van der Waals surface area (Å²) in [7, 11) is -2.81. The molecular formula is C13H21N3O2S. The molecular weight excluding hydrogens is 262 g/mol. The van der Waals surface area contributed by atoms with Gasteiger partial charge in [-0.3, -0.25) is 9.88 Å². The smallest absolute Gasteiger partial charge is 0.153 e. The molecule has 2 rings (SSSR count). The highest BCUT2D eigenvalue weighted by atomic mass is 32.2. The lowest BCUT2D eigenvalue weighted by atomic mass is 10.3. The summed E-state index contributed by atoms with van der Waals surface area (Å²) in [5.41, 5.74) is 1.16. The van der Waals surface area contributed by atoms with Gasteiger partial charge in [-0.05, 0) is 18.6 Å². The van der Waals surface area contributed by atoms with E-state index in [0.717, 1.165) is 25.2 Å². The van der Waals surface area contributed by atoms with Crippen LogP contribution in [0.3, 0.4) is 0 Å². The summed E-state index contributed by atoms with van der Waals surface area (Å²) < 4.78 is 22.9. The number of nitrogens with zero attached hydrogens (tertiary/aromatic N) is 2. The highest BCUT2D eigenvalue weighted by Gasteiger charge is 2.27. The van der Waals surface area contributed by atoms with Crippen molar-refractivity contribution in [3.8, 4) is 0 Å². The Morgan fingerprint density at radius 2 is 2.37 bits per heavy atom. The van der Waals surface area contributed by atoms with Crippen molar-refractivity contribution < 1.29 is 8.42 Å². The largest absolute Gasteiger partial charge is 0.311 e. The van der Waals surface area contributed by atoms with E-state index in [1.807, 2.05) is 25.3 Å². The second kappa shape index (κ2) is 6.45. The number of hydrogen-bond donors (Lipinski definition) is 1. The number of sulfone groups is 1. The van der Waals surface area contributed by atoms with Gasteiger partial charge in [-0.15, -0.1) is 0 Å². The zero-order chi connectivity index (χ0) is 13.7. The van der Waals surface area contributed by atoms with Crippen molar-refractivity contribution in [1.82, 2.24) is 15.2 Å². The van der Waals surface area contributed by atoms with Crippen molar-refractivity contribution >= 4 is 9.84 Å². The average molecular weight is 283 g/mol. The van der Waals surface area contributed by atoms with Gasteiger partial charge in [0.2, 0.25) is 0 Å². The number of aromatic nitrogens is 1. The van der Waals surface area contributed by atoms with Crippen LogP contribution in [-0.2, 0) is 16.4 Å². The third-order valence-corrected chi connectivity index (χ3v) is 5.23. The molecule has 1 atom stereocenters. The van der Waals surface area contributed by atoms with Crippen LogP contribution in [0.4, 0.5) is 0 Å². The van der Waals surface area contributed by atoms with Crippen molar-refractivity contribution in [1.29, 1.82) is 0 Å². The monoisotopic (exact) mass is 283 g/mol. The van der Waals surface area contributed by atoms with E-state index in [4.69, 9.17) is 0 Å². The first kappa shape index (κ1) is 14.4. The molecule has 0 aliphatic carbocycles. The maximum absolute atomic E-state index is 11.5. The molecule has 106 valence electrons. The molecule has 1 aliphatic rings. The molecule has 0 aromatic carbocycles. The number of hydrogen-bond acceptors (Lipinski definition) is 5. The van der Waals surface area contributed by atoms with Gasteiger partial charge in [0.25, 0.3) is 0 Å². The van der Waals surface area contributed by atoms with Crippen molar-refractivity contribution in [3.63, 3.8) is 0 Å². The minimum Gasteiger partial charge on any atom is -0.311 e. The summed E-state index contributed by atoms with van der Waals surface area (Å²) >= 11 is 0. The van der Waals surface area contributed by atoms with Gasteiger partial charge in [-0.1, -0.05) is 6.07 Å². The summed E-state index contributed by atoms with van der Waals surface area (Å²) in [6.07, 6.45) is 3.61. The van der Waals surface area contributed by atoms with E-state index in [-0.39, 0.29) is 11.8 Å². The molecule has 0 saturated carbocycles. The molecule has 2 heterocycles. The zero-order valence-corrected chi connectivity index (χ0v) is 12.1. The summed E-state index contributed by atoms with van der Waals surface area (Å²) in [5.74, 6) is 0.579. The molecule has 1 saturated heterocycles. The van der Waals surface area contributed by atoms with Crippen LogP contribution in [0.5, 0.6) is 0 Å². The lowest BCUT2D eigenvalue weighted by Crippen LogP contribution is -2.48. The summed E-state index contributed by atoms with van der Waals surface area (Å²) in [5, 5.41) is 3.36. The fourth-order valence-corrected chi connectivity index (χ4v) is 3.95. The molecule has 19 heavy (non-hydrogen) atoms. The Balaban J connectivity index is 1.69. The fraction of sp³-hybridized carbons (Fsp3) is 0.615. The Labute approximate surface area is 114 Å². The van der Waals surface area contributed by atoms with Crippen LogP contribution in [0.15, 0.2) is 24.5 Å². The van der Waals surface area contributed by atoms with Gasteiger partial charge in [0.05, 0.1) is 11.5 Å². The predicted octanol–water partition coefficient (Wildman–Crippen LogP) is 0.290. The van der Waals surface area contributed by atoms with E-state index in [2.05, 4.69) is 15.2 Å². The molecule has 6 heteroatoms. The molecule has 0 bridgehead atoms. The molecule has 1 N–H and O–H groups in total. The average Bonchev–Trinajstić information content (AvgIpc) is 2.37. The summed E-state index contributed by atoms with van der Waals surface area (Å²) in [4.78, 5) is 6.30. The van der Waals surface area contributed by atoms with Gasteiger partial charge in [0, 0.05) is 44.6 Å². The number of rotatable bonds is 5. The van der Waals surface area contributed by atoms with Gasteiger partial charge < -0.3 is 5.32 Å². The minimum absolute atomic E-state index is 0.124. The van der Waals surface area contributed by atoms with Gasteiger partial charge in [-0.2, -0.15) is 0 Å². The van der Waals surface area contributed by atoms with E-state index in [9.17, 15) is 8.42 Å². The standard InChI is InChI=1S/C13H21N3O2S/c1-12-11-19(17,18)8-7-16(12)6-5-15-10-13-3-2-4-14-9-13/h2-4,9,12,15H,5-8,10-11H2,1H3.